The molecular weight excluding hydrogens is 481 g/mol. The Morgan fingerprint density at radius 3 is 2.75 bits per heavy atom. The summed E-state index contributed by atoms with van der Waals surface area (Å²) >= 11 is 0. The highest BCUT2D eigenvalue weighted by atomic mass is 19.4. The highest BCUT2D eigenvalue weighted by Gasteiger charge is 2.39. The number of ether oxygens (including phenoxy) is 2. The van der Waals surface area contributed by atoms with Crippen LogP contribution in [0.4, 0.5) is 18.9 Å². The van der Waals surface area contributed by atoms with Gasteiger partial charge in [0.1, 0.15) is 11.9 Å². The van der Waals surface area contributed by atoms with Crippen molar-refractivity contribution in [3.63, 3.8) is 0 Å². The lowest BCUT2D eigenvalue weighted by atomic mass is 10.1. The lowest BCUT2D eigenvalue weighted by Crippen LogP contribution is -2.43. The second-order valence-corrected chi connectivity index (χ2v) is 8.98. The highest BCUT2D eigenvalue weighted by Crippen LogP contribution is 2.38. The number of fused-ring (bicyclic) bond motifs is 1. The minimum atomic E-state index is -4.61. The molecule has 0 aromatic carbocycles. The number of carbonyl (C=O) groups excluding carboxylic acids is 2. The van der Waals surface area contributed by atoms with Gasteiger partial charge >= 0.3 is 6.18 Å². The molecule has 1 N–H and O–H groups in total. The van der Waals surface area contributed by atoms with Gasteiger partial charge in [0.2, 0.25) is 23.6 Å². The van der Waals surface area contributed by atoms with E-state index in [0.717, 1.165) is 25.3 Å². The van der Waals surface area contributed by atoms with Crippen LogP contribution in [-0.4, -0.2) is 64.6 Å². The first-order chi connectivity index (χ1) is 17.2. The molecule has 2 aromatic heterocycles. The number of anilines is 1. The normalized spacial score (nSPS) is 21.8. The van der Waals surface area contributed by atoms with Crippen molar-refractivity contribution in [1.29, 1.82) is 0 Å². The van der Waals surface area contributed by atoms with Gasteiger partial charge in [0.15, 0.2) is 6.23 Å². The number of aromatic nitrogens is 3. The van der Waals surface area contributed by atoms with E-state index in [9.17, 15) is 22.8 Å². The van der Waals surface area contributed by atoms with Gasteiger partial charge in [0, 0.05) is 38.9 Å². The maximum atomic E-state index is 13.5. The van der Waals surface area contributed by atoms with Crippen molar-refractivity contribution in [3.8, 4) is 11.8 Å². The van der Waals surface area contributed by atoms with E-state index in [4.69, 9.17) is 9.47 Å². The van der Waals surface area contributed by atoms with Gasteiger partial charge in [-0.2, -0.15) is 13.2 Å². The summed E-state index contributed by atoms with van der Waals surface area (Å²) in [4.78, 5) is 40.4. The molecule has 2 amide bonds. The van der Waals surface area contributed by atoms with E-state index in [-0.39, 0.29) is 24.8 Å². The number of methoxy groups -OCH3 is 1. The number of nitrogens with one attached hydrogen (secondary N) is 1. The molecule has 36 heavy (non-hydrogen) atoms. The number of hydrogen-bond acceptors (Lipinski definition) is 8. The van der Waals surface area contributed by atoms with E-state index in [1.807, 2.05) is 0 Å². The van der Waals surface area contributed by atoms with Gasteiger partial charge in [-0.25, -0.2) is 15.0 Å². The first kappa shape index (κ1) is 24.1. The minimum Gasteiger partial charge on any atom is -0.481 e. The topological polar surface area (TPSA) is 110 Å². The van der Waals surface area contributed by atoms with E-state index >= 15 is 0 Å². The zero-order valence-corrected chi connectivity index (χ0v) is 19.5. The molecule has 1 unspecified atom stereocenters. The first-order valence-corrected chi connectivity index (χ1v) is 11.7. The molecule has 192 valence electrons. The van der Waals surface area contributed by atoms with E-state index in [2.05, 4.69) is 20.3 Å². The van der Waals surface area contributed by atoms with Gasteiger partial charge < -0.3 is 24.6 Å². The Morgan fingerprint density at radius 1 is 1.19 bits per heavy atom. The summed E-state index contributed by atoms with van der Waals surface area (Å²) in [5, 5.41) is 2.68. The molecule has 2 atom stereocenters. The molecule has 0 spiro atoms. The van der Waals surface area contributed by atoms with Crippen LogP contribution < -0.4 is 19.7 Å². The Morgan fingerprint density at radius 2 is 2.03 bits per heavy atom. The van der Waals surface area contributed by atoms with E-state index < -0.39 is 29.8 Å². The van der Waals surface area contributed by atoms with Crippen molar-refractivity contribution < 1.29 is 32.2 Å². The summed E-state index contributed by atoms with van der Waals surface area (Å²) in [6, 6.07) is 1.02. The van der Waals surface area contributed by atoms with Crippen LogP contribution in [0.25, 0.3) is 0 Å². The molecule has 3 aliphatic heterocycles. The lowest BCUT2D eigenvalue weighted by molar-refractivity contribution is -0.141. The SMILES string of the molecule is COc1ncc(N2CCc3ncnc(O[C@H]4CCCN4C(=O)C4CNC(=O)C4)c3C2)cc1C(F)(F)F. The molecule has 0 bridgehead atoms. The fourth-order valence-electron chi connectivity index (χ4n) is 4.87. The van der Waals surface area contributed by atoms with Crippen LogP contribution in [0.15, 0.2) is 18.6 Å². The number of amides is 2. The van der Waals surface area contributed by atoms with Gasteiger partial charge in [0.05, 0.1) is 42.7 Å². The molecule has 0 saturated carbocycles. The number of likely N-dealkylation sites (tertiary alicyclic amines) is 1. The average Bonchev–Trinajstić information content (AvgIpc) is 3.51. The Hall–Kier alpha value is -3.64. The van der Waals surface area contributed by atoms with Crippen LogP contribution in [0.3, 0.4) is 0 Å². The predicted molar refractivity (Wildman–Crippen MR) is 119 cm³/mol. The number of halogens is 3. The molecular formula is C23H25F3N6O4. The second kappa shape index (κ2) is 9.43. The fourth-order valence-corrected chi connectivity index (χ4v) is 4.87. The monoisotopic (exact) mass is 506 g/mol. The molecule has 2 fully saturated rings. The Bertz CT molecular complexity index is 1180. The first-order valence-electron chi connectivity index (χ1n) is 11.7. The highest BCUT2D eigenvalue weighted by molar-refractivity contribution is 5.89. The summed E-state index contributed by atoms with van der Waals surface area (Å²) in [6.07, 6.45) is -0.417. The maximum absolute atomic E-state index is 13.5. The average molecular weight is 506 g/mol. The van der Waals surface area contributed by atoms with Crippen LogP contribution in [0.1, 0.15) is 36.1 Å². The number of pyridine rings is 1. The summed E-state index contributed by atoms with van der Waals surface area (Å²) < 4.78 is 51.5. The van der Waals surface area contributed by atoms with Crippen molar-refractivity contribution in [2.45, 2.75) is 44.6 Å². The van der Waals surface area contributed by atoms with Crippen LogP contribution in [0.2, 0.25) is 0 Å². The minimum absolute atomic E-state index is 0.135. The molecule has 0 radical (unpaired) electrons. The molecule has 13 heteroatoms. The van der Waals surface area contributed by atoms with E-state index in [1.54, 1.807) is 9.80 Å². The van der Waals surface area contributed by atoms with Gasteiger partial charge in [-0.1, -0.05) is 0 Å². The number of rotatable bonds is 5. The van der Waals surface area contributed by atoms with Crippen molar-refractivity contribution in [1.82, 2.24) is 25.2 Å². The van der Waals surface area contributed by atoms with Crippen molar-refractivity contribution in [3.05, 3.63) is 35.4 Å². The summed E-state index contributed by atoms with van der Waals surface area (Å²) in [6.45, 7) is 1.49. The predicted octanol–water partition coefficient (Wildman–Crippen LogP) is 1.93. The smallest absolute Gasteiger partial charge is 0.421 e. The van der Waals surface area contributed by atoms with Crippen molar-refractivity contribution in [2.75, 3.05) is 31.6 Å². The number of nitrogens with zero attached hydrogens (tertiary/aromatic N) is 5. The maximum Gasteiger partial charge on any atom is 0.421 e. The summed E-state index contributed by atoms with van der Waals surface area (Å²) in [5.41, 5.74) is 0.745. The van der Waals surface area contributed by atoms with Crippen LogP contribution in [0, 0.1) is 5.92 Å². The van der Waals surface area contributed by atoms with E-state index in [1.165, 1.54) is 12.5 Å². The van der Waals surface area contributed by atoms with Crippen LogP contribution >= 0.6 is 0 Å². The number of alkyl halides is 3. The zero-order valence-electron chi connectivity index (χ0n) is 19.5. The number of hydrogen-bond donors (Lipinski definition) is 1. The Labute approximate surface area is 204 Å². The molecule has 0 aliphatic carbocycles. The third kappa shape index (κ3) is 4.61. The third-order valence-electron chi connectivity index (χ3n) is 6.72. The van der Waals surface area contributed by atoms with Crippen LogP contribution in [0.5, 0.6) is 11.8 Å². The molecule has 2 saturated heterocycles. The standard InChI is InChI=1S/C23H25F3N6O4/c1-35-21-16(23(24,25)26)8-14(10-28-21)31-6-4-17-15(11-31)20(30-12-29-17)36-19-3-2-5-32(19)22(34)13-7-18(33)27-9-13/h8,10,12-13,19H,2-7,9,11H2,1H3,(H,27,33)/t13?,19-/m0/s1. The molecule has 3 aliphatic rings. The van der Waals surface area contributed by atoms with Gasteiger partial charge in [-0.05, 0) is 12.5 Å². The quantitative estimate of drug-likeness (QED) is 0.655. The lowest BCUT2D eigenvalue weighted by Gasteiger charge is -2.32. The van der Waals surface area contributed by atoms with Gasteiger partial charge in [-0.3, -0.25) is 9.59 Å². The second-order valence-electron chi connectivity index (χ2n) is 8.98. The number of carbonyl (C=O) groups is 2. The Kier molecular flexibility index (Phi) is 6.31. The molecule has 5 heterocycles. The summed E-state index contributed by atoms with van der Waals surface area (Å²) in [5.74, 6) is -0.878. The van der Waals surface area contributed by atoms with Crippen LogP contribution in [-0.2, 0) is 28.7 Å². The summed E-state index contributed by atoms with van der Waals surface area (Å²) in [7, 11) is 1.15. The van der Waals surface area contributed by atoms with Crippen molar-refractivity contribution in [2.24, 2.45) is 5.92 Å². The van der Waals surface area contributed by atoms with Gasteiger partial charge in [-0.15, -0.1) is 0 Å². The zero-order chi connectivity index (χ0) is 25.4. The third-order valence-corrected chi connectivity index (χ3v) is 6.72. The van der Waals surface area contributed by atoms with E-state index in [0.29, 0.717) is 49.6 Å². The largest absolute Gasteiger partial charge is 0.481 e. The molecule has 5 rings (SSSR count). The van der Waals surface area contributed by atoms with Gasteiger partial charge in [0.25, 0.3) is 0 Å². The van der Waals surface area contributed by atoms with Crippen molar-refractivity contribution >= 4 is 17.5 Å². The molecule has 2 aromatic rings. The fraction of sp³-hybridized carbons (Fsp3) is 0.522. The Balaban J connectivity index is 1.36. The molecule has 10 nitrogen and oxygen atoms in total.